The molecule has 0 heterocycles. The molecule has 4 nitrogen and oxygen atoms in total. The molecule has 5 heteroatoms. The highest BCUT2D eigenvalue weighted by Crippen LogP contribution is 2.31. The maximum atomic E-state index is 12.4. The zero-order valence-electron chi connectivity index (χ0n) is 12.7. The second-order valence-corrected chi connectivity index (χ2v) is 7.55. The van der Waals surface area contributed by atoms with E-state index in [9.17, 15) is 8.42 Å². The number of nitrogens with one attached hydrogen (secondary N) is 1. The Labute approximate surface area is 136 Å². The molecule has 118 valence electrons. The first-order valence-corrected chi connectivity index (χ1v) is 9.16. The van der Waals surface area contributed by atoms with Crippen LogP contribution in [-0.4, -0.2) is 15.0 Å². The predicted molar refractivity (Wildman–Crippen MR) is 88.5 cm³/mol. The van der Waals surface area contributed by atoms with Gasteiger partial charge in [-0.05, 0) is 54.5 Å². The normalized spacial score (nSPS) is 17.3. The van der Waals surface area contributed by atoms with Crippen molar-refractivity contribution in [1.29, 1.82) is 5.26 Å². The van der Waals surface area contributed by atoms with Crippen LogP contribution in [0.4, 0.5) is 0 Å². The quantitative estimate of drug-likeness (QED) is 0.939. The van der Waals surface area contributed by atoms with E-state index in [4.69, 9.17) is 5.26 Å². The van der Waals surface area contributed by atoms with E-state index in [0.717, 1.165) is 19.3 Å². The molecule has 0 saturated heterocycles. The number of hydrogen-bond donors (Lipinski definition) is 1. The molecule has 3 rings (SSSR count). The first kappa shape index (κ1) is 15.7. The molecule has 0 aromatic heterocycles. The van der Waals surface area contributed by atoms with Gasteiger partial charge in [0, 0.05) is 6.54 Å². The van der Waals surface area contributed by atoms with Gasteiger partial charge < -0.3 is 0 Å². The second kappa shape index (κ2) is 6.53. The number of nitrogens with zero attached hydrogens (tertiary/aromatic N) is 1. The summed E-state index contributed by atoms with van der Waals surface area (Å²) in [4.78, 5) is 0.139. The summed E-state index contributed by atoms with van der Waals surface area (Å²) in [6.45, 7) is 0.385. The van der Waals surface area contributed by atoms with Gasteiger partial charge in [0.25, 0.3) is 0 Å². The van der Waals surface area contributed by atoms with Gasteiger partial charge in [-0.1, -0.05) is 30.3 Å². The van der Waals surface area contributed by atoms with Gasteiger partial charge in [-0.25, -0.2) is 13.1 Å². The van der Waals surface area contributed by atoms with Crippen LogP contribution in [0.2, 0.25) is 0 Å². The molecule has 0 bridgehead atoms. The first-order valence-electron chi connectivity index (χ1n) is 7.68. The summed E-state index contributed by atoms with van der Waals surface area (Å²) >= 11 is 0. The summed E-state index contributed by atoms with van der Waals surface area (Å²) in [7, 11) is -3.60. The van der Waals surface area contributed by atoms with E-state index in [0.29, 0.717) is 12.1 Å². The van der Waals surface area contributed by atoms with Gasteiger partial charge in [-0.15, -0.1) is 0 Å². The van der Waals surface area contributed by atoms with E-state index in [2.05, 4.69) is 16.9 Å². The van der Waals surface area contributed by atoms with Crippen LogP contribution in [-0.2, 0) is 16.4 Å². The first-order chi connectivity index (χ1) is 11.1. The standard InChI is InChI=1S/C18H18N2O2S/c19-12-14-5-3-9-17(11-14)23(21,22)20-13-16-8-4-7-15-6-1-2-10-18(15)16/h1-3,5-6,9-11,16,20H,4,7-8,13H2/t16-/m1/s1. The van der Waals surface area contributed by atoms with Crippen molar-refractivity contribution in [3.8, 4) is 6.07 Å². The summed E-state index contributed by atoms with van der Waals surface area (Å²) in [5.41, 5.74) is 2.90. The van der Waals surface area contributed by atoms with Crippen LogP contribution in [0.15, 0.2) is 53.4 Å². The van der Waals surface area contributed by atoms with Gasteiger partial charge in [-0.2, -0.15) is 5.26 Å². The fourth-order valence-electron chi connectivity index (χ4n) is 3.09. The number of rotatable bonds is 4. The van der Waals surface area contributed by atoms with Crippen molar-refractivity contribution < 1.29 is 8.42 Å². The molecule has 1 atom stereocenters. The lowest BCUT2D eigenvalue weighted by Gasteiger charge is -2.25. The minimum atomic E-state index is -3.60. The van der Waals surface area contributed by atoms with Crippen molar-refractivity contribution in [3.63, 3.8) is 0 Å². The minimum Gasteiger partial charge on any atom is -0.211 e. The van der Waals surface area contributed by atoms with E-state index in [1.54, 1.807) is 12.1 Å². The molecule has 0 unspecified atom stereocenters. The minimum absolute atomic E-state index is 0.139. The Morgan fingerprint density at radius 1 is 1.17 bits per heavy atom. The summed E-state index contributed by atoms with van der Waals surface area (Å²) in [6, 6.07) is 16.3. The van der Waals surface area contributed by atoms with Crippen LogP contribution in [0.3, 0.4) is 0 Å². The second-order valence-electron chi connectivity index (χ2n) is 5.78. The SMILES string of the molecule is N#Cc1cccc(S(=O)(=O)NC[C@H]2CCCc3ccccc32)c1. The largest absolute Gasteiger partial charge is 0.240 e. The van der Waals surface area contributed by atoms with Crippen molar-refractivity contribution >= 4 is 10.0 Å². The van der Waals surface area contributed by atoms with E-state index < -0.39 is 10.0 Å². The average Bonchev–Trinajstić information content (AvgIpc) is 2.60. The van der Waals surface area contributed by atoms with Gasteiger partial charge in [0.2, 0.25) is 10.0 Å². The molecule has 0 amide bonds. The third kappa shape index (κ3) is 3.44. The fourth-order valence-corrected chi connectivity index (χ4v) is 4.22. The smallest absolute Gasteiger partial charge is 0.211 e. The zero-order chi connectivity index (χ0) is 16.3. The molecule has 1 N–H and O–H groups in total. The fraction of sp³-hybridized carbons (Fsp3) is 0.278. The van der Waals surface area contributed by atoms with Gasteiger partial charge in [-0.3, -0.25) is 0 Å². The highest BCUT2D eigenvalue weighted by Gasteiger charge is 2.22. The van der Waals surface area contributed by atoms with Crippen molar-refractivity contribution in [2.45, 2.75) is 30.1 Å². The summed E-state index contributed by atoms with van der Waals surface area (Å²) in [5.74, 6) is 0.203. The van der Waals surface area contributed by atoms with E-state index in [-0.39, 0.29) is 10.8 Å². The highest BCUT2D eigenvalue weighted by atomic mass is 32.2. The van der Waals surface area contributed by atoms with Crippen LogP contribution < -0.4 is 4.72 Å². The number of hydrogen-bond acceptors (Lipinski definition) is 3. The molecule has 1 aliphatic rings. The lowest BCUT2D eigenvalue weighted by Crippen LogP contribution is -2.30. The number of fused-ring (bicyclic) bond motifs is 1. The molecule has 0 spiro atoms. The molecule has 0 saturated carbocycles. The van der Waals surface area contributed by atoms with Crippen LogP contribution in [0.1, 0.15) is 35.4 Å². The Bertz CT molecular complexity index is 853. The molecule has 2 aromatic rings. The molecule has 1 aliphatic carbocycles. The number of aryl methyl sites for hydroxylation is 1. The third-order valence-electron chi connectivity index (χ3n) is 4.29. The van der Waals surface area contributed by atoms with Crippen LogP contribution in [0, 0.1) is 11.3 Å². The Hall–Kier alpha value is -2.16. The van der Waals surface area contributed by atoms with Gasteiger partial charge in [0.15, 0.2) is 0 Å². The summed E-state index contributed by atoms with van der Waals surface area (Å²) in [5, 5.41) is 8.91. The average molecular weight is 326 g/mol. The molecular formula is C18H18N2O2S. The summed E-state index contributed by atoms with van der Waals surface area (Å²) < 4.78 is 27.6. The van der Waals surface area contributed by atoms with Gasteiger partial charge >= 0.3 is 0 Å². The maximum absolute atomic E-state index is 12.4. The van der Waals surface area contributed by atoms with Gasteiger partial charge in [0.05, 0.1) is 16.5 Å². The van der Waals surface area contributed by atoms with Gasteiger partial charge in [0.1, 0.15) is 0 Å². The topological polar surface area (TPSA) is 70.0 Å². The number of nitriles is 1. The van der Waals surface area contributed by atoms with Crippen LogP contribution >= 0.6 is 0 Å². The van der Waals surface area contributed by atoms with Crippen molar-refractivity contribution in [2.24, 2.45) is 0 Å². The lowest BCUT2D eigenvalue weighted by molar-refractivity contribution is 0.529. The Morgan fingerprint density at radius 2 is 2.00 bits per heavy atom. The van der Waals surface area contributed by atoms with Crippen LogP contribution in [0.25, 0.3) is 0 Å². The van der Waals surface area contributed by atoms with E-state index >= 15 is 0 Å². The third-order valence-corrected chi connectivity index (χ3v) is 5.71. The Morgan fingerprint density at radius 3 is 2.83 bits per heavy atom. The summed E-state index contributed by atoms with van der Waals surface area (Å²) in [6.07, 6.45) is 3.12. The Kier molecular flexibility index (Phi) is 4.46. The van der Waals surface area contributed by atoms with E-state index in [1.165, 1.54) is 23.3 Å². The van der Waals surface area contributed by atoms with Crippen molar-refractivity contribution in [1.82, 2.24) is 4.72 Å². The molecule has 2 aromatic carbocycles. The predicted octanol–water partition coefficient (Wildman–Crippen LogP) is 2.96. The molecule has 0 radical (unpaired) electrons. The molecular weight excluding hydrogens is 308 g/mol. The molecule has 0 fully saturated rings. The number of sulfonamides is 1. The molecule has 0 aliphatic heterocycles. The van der Waals surface area contributed by atoms with Crippen molar-refractivity contribution in [2.75, 3.05) is 6.54 Å². The van der Waals surface area contributed by atoms with Crippen molar-refractivity contribution in [3.05, 3.63) is 65.2 Å². The lowest BCUT2D eigenvalue weighted by atomic mass is 9.83. The Balaban J connectivity index is 1.77. The van der Waals surface area contributed by atoms with Crippen LogP contribution in [0.5, 0.6) is 0 Å². The zero-order valence-corrected chi connectivity index (χ0v) is 13.5. The maximum Gasteiger partial charge on any atom is 0.240 e. The monoisotopic (exact) mass is 326 g/mol. The van der Waals surface area contributed by atoms with E-state index in [1.807, 2.05) is 18.2 Å². The number of benzene rings is 2. The molecule has 23 heavy (non-hydrogen) atoms. The highest BCUT2D eigenvalue weighted by molar-refractivity contribution is 7.89.